The zero-order valence-electron chi connectivity index (χ0n) is 18.9. The topological polar surface area (TPSA) is 78.4 Å². The highest BCUT2D eigenvalue weighted by Crippen LogP contribution is 2.39. The molecule has 196 valence electrons. The van der Waals surface area contributed by atoms with E-state index >= 15 is 0 Å². The van der Waals surface area contributed by atoms with Gasteiger partial charge in [-0.15, -0.1) is 10.2 Å². The maximum absolute atomic E-state index is 13.5. The lowest BCUT2D eigenvalue weighted by molar-refractivity contribution is -0.138. The van der Waals surface area contributed by atoms with Gasteiger partial charge in [-0.2, -0.15) is 26.3 Å². The zero-order valence-corrected chi connectivity index (χ0v) is 19.6. The lowest BCUT2D eigenvalue weighted by atomic mass is 10.1. The van der Waals surface area contributed by atoms with E-state index in [1.54, 1.807) is 14.7 Å². The molecule has 2 aliphatic heterocycles. The fourth-order valence-corrected chi connectivity index (χ4v) is 4.58. The van der Waals surface area contributed by atoms with Gasteiger partial charge in [-0.1, -0.05) is 11.6 Å². The Morgan fingerprint density at radius 3 is 2.25 bits per heavy atom. The van der Waals surface area contributed by atoms with Crippen LogP contribution in [-0.4, -0.2) is 69.7 Å². The molecule has 0 aliphatic carbocycles. The lowest BCUT2D eigenvalue weighted by Gasteiger charge is -2.35. The summed E-state index contributed by atoms with van der Waals surface area (Å²) in [6.45, 7) is 1.73. The van der Waals surface area contributed by atoms with Crippen molar-refractivity contribution in [1.29, 1.82) is 0 Å². The summed E-state index contributed by atoms with van der Waals surface area (Å²) in [6.07, 6.45) is -5.95. The number of halogens is 7. The van der Waals surface area contributed by atoms with Gasteiger partial charge in [0.1, 0.15) is 5.56 Å². The summed E-state index contributed by atoms with van der Waals surface area (Å²) >= 11 is 5.63. The number of anilines is 2. The van der Waals surface area contributed by atoms with Crippen molar-refractivity contribution < 1.29 is 31.1 Å². The van der Waals surface area contributed by atoms with Crippen molar-refractivity contribution in [3.8, 4) is 0 Å². The summed E-state index contributed by atoms with van der Waals surface area (Å²) in [5, 5.41) is 6.93. The van der Waals surface area contributed by atoms with Gasteiger partial charge in [-0.05, 0) is 25.3 Å². The molecular weight excluding hydrogens is 516 g/mol. The summed E-state index contributed by atoms with van der Waals surface area (Å²) in [5.74, 6) is -0.277. The first-order valence-corrected chi connectivity index (χ1v) is 11.6. The van der Waals surface area contributed by atoms with Crippen LogP contribution in [0.4, 0.5) is 38.1 Å². The molecule has 4 heterocycles. The molecule has 0 unspecified atom stereocenters. The molecule has 2 fully saturated rings. The molecule has 36 heavy (non-hydrogen) atoms. The Balaban J connectivity index is 1.32. The first-order valence-electron chi connectivity index (χ1n) is 11.2. The molecule has 1 amide bonds. The van der Waals surface area contributed by atoms with Crippen LogP contribution in [-0.2, 0) is 17.1 Å². The van der Waals surface area contributed by atoms with Crippen LogP contribution in [0, 0.1) is 0 Å². The summed E-state index contributed by atoms with van der Waals surface area (Å²) in [4.78, 5) is 25.2. The van der Waals surface area contributed by atoms with E-state index in [4.69, 9.17) is 11.6 Å². The van der Waals surface area contributed by atoms with Gasteiger partial charge in [0, 0.05) is 57.6 Å². The average molecular weight is 538 g/mol. The molecule has 4 rings (SSSR count). The van der Waals surface area contributed by atoms with Gasteiger partial charge in [0.2, 0.25) is 11.9 Å². The van der Waals surface area contributed by atoms with E-state index in [0.29, 0.717) is 52.0 Å². The van der Waals surface area contributed by atoms with E-state index in [1.807, 2.05) is 0 Å². The molecule has 0 aromatic carbocycles. The third-order valence-corrected chi connectivity index (χ3v) is 6.46. The lowest BCUT2D eigenvalue weighted by Crippen LogP contribution is -2.49. The number of alkyl halides is 6. The molecule has 1 atom stereocenters. The van der Waals surface area contributed by atoms with Gasteiger partial charge in [0.25, 0.3) is 0 Å². The number of carbonyl (C=O) groups is 1. The second-order valence-electron chi connectivity index (χ2n) is 8.57. The highest BCUT2D eigenvalue weighted by molar-refractivity contribution is 6.29. The highest BCUT2D eigenvalue weighted by Gasteiger charge is 2.39. The summed E-state index contributed by atoms with van der Waals surface area (Å²) in [6, 6.07) is 0.456. The van der Waals surface area contributed by atoms with Crippen LogP contribution in [0.3, 0.4) is 0 Å². The van der Waals surface area contributed by atoms with Crippen molar-refractivity contribution in [1.82, 2.24) is 25.1 Å². The SMILES string of the molecule is O=C(CC[C@H]1CCCN1c1nnc(Cl)cc1C(F)(F)F)N1CCN(c2ncc(C(F)(F)F)cn2)CC1. The van der Waals surface area contributed by atoms with Crippen LogP contribution in [0.25, 0.3) is 0 Å². The third kappa shape index (κ3) is 5.90. The first kappa shape index (κ1) is 26.2. The van der Waals surface area contributed by atoms with Crippen LogP contribution < -0.4 is 9.80 Å². The van der Waals surface area contributed by atoms with Crippen molar-refractivity contribution in [3.63, 3.8) is 0 Å². The number of hydrogen-bond donors (Lipinski definition) is 0. The number of aromatic nitrogens is 4. The third-order valence-electron chi connectivity index (χ3n) is 6.27. The monoisotopic (exact) mass is 537 g/mol. The second-order valence-corrected chi connectivity index (χ2v) is 8.95. The first-order chi connectivity index (χ1) is 16.9. The molecule has 0 bridgehead atoms. The Hall–Kier alpha value is -2.90. The van der Waals surface area contributed by atoms with Gasteiger partial charge in [0.05, 0.1) is 5.56 Å². The molecular formula is C21H22ClF6N7O. The van der Waals surface area contributed by atoms with Crippen LogP contribution in [0.15, 0.2) is 18.5 Å². The van der Waals surface area contributed by atoms with Gasteiger partial charge in [0.15, 0.2) is 11.0 Å². The predicted molar refractivity (Wildman–Crippen MR) is 117 cm³/mol. The van der Waals surface area contributed by atoms with Crippen molar-refractivity contribution in [2.45, 2.75) is 44.1 Å². The molecule has 8 nitrogen and oxygen atoms in total. The quantitative estimate of drug-likeness (QED) is 0.532. The van der Waals surface area contributed by atoms with Crippen LogP contribution >= 0.6 is 11.6 Å². The van der Waals surface area contributed by atoms with Crippen molar-refractivity contribution in [2.75, 3.05) is 42.5 Å². The van der Waals surface area contributed by atoms with Crippen LogP contribution in [0.2, 0.25) is 5.15 Å². The highest BCUT2D eigenvalue weighted by atomic mass is 35.5. The van der Waals surface area contributed by atoms with E-state index in [1.165, 1.54) is 0 Å². The second kappa shape index (κ2) is 10.2. The molecule has 2 aromatic rings. The fraction of sp³-hybridized carbons (Fsp3) is 0.571. The largest absolute Gasteiger partial charge is 0.420 e. The Morgan fingerprint density at radius 2 is 1.64 bits per heavy atom. The summed E-state index contributed by atoms with van der Waals surface area (Å²) < 4.78 is 78.6. The van der Waals surface area contributed by atoms with Gasteiger partial charge < -0.3 is 14.7 Å². The minimum absolute atomic E-state index is 0.139. The Kier molecular flexibility index (Phi) is 7.43. The van der Waals surface area contributed by atoms with Crippen molar-refractivity contribution >= 4 is 29.3 Å². The van der Waals surface area contributed by atoms with Crippen molar-refractivity contribution in [3.05, 3.63) is 34.7 Å². The summed E-state index contributed by atoms with van der Waals surface area (Å²) in [5.41, 5.74) is -1.89. The van der Waals surface area contributed by atoms with Crippen molar-refractivity contribution in [2.24, 2.45) is 0 Å². The number of piperazine rings is 1. The number of nitrogens with zero attached hydrogens (tertiary/aromatic N) is 7. The number of amides is 1. The molecule has 0 spiro atoms. The maximum atomic E-state index is 13.5. The molecule has 2 saturated heterocycles. The molecule has 0 saturated carbocycles. The fourth-order valence-electron chi connectivity index (χ4n) is 4.43. The molecule has 15 heteroatoms. The smallest absolute Gasteiger partial charge is 0.352 e. The van der Waals surface area contributed by atoms with E-state index in [2.05, 4.69) is 20.2 Å². The Labute approximate surface area is 207 Å². The normalized spacial score (nSPS) is 19.2. The van der Waals surface area contributed by atoms with E-state index in [-0.39, 0.29) is 35.3 Å². The number of hydrogen-bond acceptors (Lipinski definition) is 7. The van der Waals surface area contributed by atoms with Gasteiger partial charge in [-0.25, -0.2) is 9.97 Å². The minimum atomic E-state index is -4.64. The van der Waals surface area contributed by atoms with Gasteiger partial charge >= 0.3 is 12.4 Å². The molecule has 2 aromatic heterocycles. The standard InChI is InChI=1S/C21H22ClF6N7O/c22-16-10-15(21(26,27)28)18(32-31-16)35-5-1-2-14(35)3-4-17(36)33-6-8-34(9-7-33)19-29-11-13(12-30-19)20(23,24)25/h10-12,14H,1-9H2/t14-/m1/s1. The molecule has 2 aliphatic rings. The zero-order chi connectivity index (χ0) is 26.1. The summed E-state index contributed by atoms with van der Waals surface area (Å²) in [7, 11) is 0. The maximum Gasteiger partial charge on any atom is 0.420 e. The van der Waals surface area contributed by atoms with Crippen LogP contribution in [0.1, 0.15) is 36.8 Å². The predicted octanol–water partition coefficient (Wildman–Crippen LogP) is 4.06. The van der Waals surface area contributed by atoms with E-state index in [9.17, 15) is 31.1 Å². The minimum Gasteiger partial charge on any atom is -0.352 e. The van der Waals surface area contributed by atoms with E-state index < -0.39 is 23.5 Å². The number of carbonyl (C=O) groups excluding carboxylic acids is 1. The average Bonchev–Trinajstić information content (AvgIpc) is 3.30. The Bertz CT molecular complexity index is 1070. The van der Waals surface area contributed by atoms with Crippen LogP contribution in [0.5, 0.6) is 0 Å². The van der Waals surface area contributed by atoms with Gasteiger partial charge in [-0.3, -0.25) is 4.79 Å². The Morgan fingerprint density at radius 1 is 0.972 bits per heavy atom. The number of rotatable bonds is 5. The molecule has 0 N–H and O–H groups in total. The molecule has 0 radical (unpaired) electrons. The van der Waals surface area contributed by atoms with E-state index in [0.717, 1.165) is 18.5 Å².